The van der Waals surface area contributed by atoms with Crippen molar-refractivity contribution in [3.05, 3.63) is 77.1 Å². The number of methoxy groups -OCH3 is 3. The van der Waals surface area contributed by atoms with Crippen LogP contribution < -0.4 is 24.3 Å². The highest BCUT2D eigenvalue weighted by Gasteiger charge is 2.17. The molecule has 0 spiro atoms. The lowest BCUT2D eigenvalue weighted by Gasteiger charge is -2.14. The summed E-state index contributed by atoms with van der Waals surface area (Å²) < 4.78 is 24.3. The number of aromatic nitrogens is 2. The Bertz CT molecular complexity index is 1370. The van der Waals surface area contributed by atoms with Gasteiger partial charge in [0.15, 0.2) is 11.5 Å². The SMILES string of the molecule is COc1cc(C(=O)NCCCc2nc3ccccc3n2CCOc2cc(C)cc(C)c2)cc(OC)c1OC. The average Bonchev–Trinajstić information content (AvgIpc) is 3.26. The molecule has 4 aromatic rings. The van der Waals surface area contributed by atoms with Crippen molar-refractivity contribution in [1.29, 1.82) is 0 Å². The van der Waals surface area contributed by atoms with Gasteiger partial charge in [0.2, 0.25) is 5.75 Å². The normalized spacial score (nSPS) is 10.9. The van der Waals surface area contributed by atoms with Gasteiger partial charge in [-0.15, -0.1) is 0 Å². The number of carbonyl (C=O) groups excluding carboxylic acids is 1. The van der Waals surface area contributed by atoms with Gasteiger partial charge >= 0.3 is 0 Å². The number of carbonyl (C=O) groups is 1. The number of aryl methyl sites for hydroxylation is 3. The maximum atomic E-state index is 12.8. The van der Waals surface area contributed by atoms with Crippen LogP contribution in [0, 0.1) is 13.8 Å². The lowest BCUT2D eigenvalue weighted by atomic mass is 10.1. The minimum atomic E-state index is -0.209. The molecule has 200 valence electrons. The number of rotatable bonds is 12. The number of nitrogens with one attached hydrogen (secondary N) is 1. The second-order valence-corrected chi connectivity index (χ2v) is 9.11. The highest BCUT2D eigenvalue weighted by molar-refractivity contribution is 5.95. The van der Waals surface area contributed by atoms with E-state index in [1.807, 2.05) is 18.2 Å². The molecule has 0 saturated heterocycles. The van der Waals surface area contributed by atoms with Crippen molar-refractivity contribution in [3.63, 3.8) is 0 Å². The maximum absolute atomic E-state index is 12.8. The Kier molecular flexibility index (Phi) is 8.73. The van der Waals surface area contributed by atoms with E-state index in [4.69, 9.17) is 23.9 Å². The third-order valence-corrected chi connectivity index (χ3v) is 6.30. The summed E-state index contributed by atoms with van der Waals surface area (Å²) >= 11 is 0. The van der Waals surface area contributed by atoms with Gasteiger partial charge in [0.25, 0.3) is 5.91 Å². The molecule has 0 saturated carbocycles. The van der Waals surface area contributed by atoms with Crippen molar-refractivity contribution in [2.75, 3.05) is 34.5 Å². The first-order valence-electron chi connectivity index (χ1n) is 12.7. The van der Waals surface area contributed by atoms with E-state index in [2.05, 4.69) is 48.0 Å². The maximum Gasteiger partial charge on any atom is 0.251 e. The zero-order valence-corrected chi connectivity index (χ0v) is 22.7. The van der Waals surface area contributed by atoms with Crippen LogP contribution in [0.4, 0.5) is 0 Å². The van der Waals surface area contributed by atoms with Gasteiger partial charge < -0.3 is 28.8 Å². The molecule has 3 aromatic carbocycles. The van der Waals surface area contributed by atoms with Gasteiger partial charge in [-0.25, -0.2) is 4.98 Å². The fourth-order valence-electron chi connectivity index (χ4n) is 4.60. The average molecular weight is 518 g/mol. The van der Waals surface area contributed by atoms with Crippen molar-refractivity contribution in [3.8, 4) is 23.0 Å². The largest absolute Gasteiger partial charge is 0.493 e. The number of fused-ring (bicyclic) bond motifs is 1. The van der Waals surface area contributed by atoms with Crippen LogP contribution in [0.1, 0.15) is 33.7 Å². The first-order chi connectivity index (χ1) is 18.4. The Balaban J connectivity index is 1.39. The predicted octanol–water partition coefficient (Wildman–Crippen LogP) is 5.12. The lowest BCUT2D eigenvalue weighted by molar-refractivity contribution is 0.0952. The highest BCUT2D eigenvalue weighted by atomic mass is 16.5. The quantitative estimate of drug-likeness (QED) is 0.263. The molecule has 0 unspecified atom stereocenters. The van der Waals surface area contributed by atoms with E-state index < -0.39 is 0 Å². The summed E-state index contributed by atoms with van der Waals surface area (Å²) in [5.74, 6) is 2.97. The number of nitrogens with zero attached hydrogens (tertiary/aromatic N) is 2. The molecule has 1 aromatic heterocycles. The molecule has 1 N–H and O–H groups in total. The number of amides is 1. The summed E-state index contributed by atoms with van der Waals surface area (Å²) in [4.78, 5) is 17.7. The van der Waals surface area contributed by atoms with Crippen LogP contribution >= 0.6 is 0 Å². The fraction of sp³-hybridized carbons (Fsp3) is 0.333. The van der Waals surface area contributed by atoms with Crippen LogP contribution in [0.5, 0.6) is 23.0 Å². The van der Waals surface area contributed by atoms with E-state index in [1.54, 1.807) is 12.1 Å². The molecule has 4 rings (SSSR count). The van der Waals surface area contributed by atoms with Gasteiger partial charge in [0.1, 0.15) is 18.2 Å². The molecule has 0 aliphatic rings. The van der Waals surface area contributed by atoms with Gasteiger partial charge in [-0.05, 0) is 67.8 Å². The molecule has 8 heteroatoms. The van der Waals surface area contributed by atoms with Crippen molar-refractivity contribution in [2.45, 2.75) is 33.2 Å². The van der Waals surface area contributed by atoms with Gasteiger partial charge in [0.05, 0.1) is 38.9 Å². The van der Waals surface area contributed by atoms with Crippen molar-refractivity contribution >= 4 is 16.9 Å². The van der Waals surface area contributed by atoms with E-state index in [9.17, 15) is 4.79 Å². The summed E-state index contributed by atoms with van der Waals surface area (Å²) in [5.41, 5.74) is 4.84. The van der Waals surface area contributed by atoms with Gasteiger partial charge in [0, 0.05) is 18.5 Å². The van der Waals surface area contributed by atoms with E-state index in [1.165, 1.54) is 32.5 Å². The van der Waals surface area contributed by atoms with E-state index in [-0.39, 0.29) is 5.91 Å². The second-order valence-electron chi connectivity index (χ2n) is 9.11. The van der Waals surface area contributed by atoms with Gasteiger partial charge in [-0.1, -0.05) is 18.2 Å². The Morgan fingerprint density at radius 2 is 1.61 bits per heavy atom. The van der Waals surface area contributed by atoms with Crippen molar-refractivity contribution < 1.29 is 23.7 Å². The van der Waals surface area contributed by atoms with Crippen molar-refractivity contribution in [2.24, 2.45) is 0 Å². The molecule has 0 atom stereocenters. The third-order valence-electron chi connectivity index (χ3n) is 6.30. The molecule has 0 aliphatic heterocycles. The lowest BCUT2D eigenvalue weighted by Crippen LogP contribution is -2.25. The Hall–Kier alpha value is -4.20. The number of hydrogen-bond acceptors (Lipinski definition) is 6. The summed E-state index contributed by atoms with van der Waals surface area (Å²) in [7, 11) is 4.58. The first-order valence-corrected chi connectivity index (χ1v) is 12.7. The Morgan fingerprint density at radius 3 is 2.26 bits per heavy atom. The summed E-state index contributed by atoms with van der Waals surface area (Å²) in [6.45, 7) is 5.86. The minimum Gasteiger partial charge on any atom is -0.493 e. The zero-order chi connectivity index (χ0) is 27.1. The van der Waals surface area contributed by atoms with Gasteiger partial charge in [-0.3, -0.25) is 4.79 Å². The van der Waals surface area contributed by atoms with E-state index in [0.717, 1.165) is 29.0 Å². The molecule has 0 radical (unpaired) electrons. The number of benzene rings is 3. The molecule has 0 aliphatic carbocycles. The zero-order valence-electron chi connectivity index (χ0n) is 22.7. The van der Waals surface area contributed by atoms with Crippen LogP contribution in [-0.2, 0) is 13.0 Å². The second kappa shape index (κ2) is 12.4. The Labute approximate surface area is 223 Å². The number of ether oxygens (including phenoxy) is 4. The van der Waals surface area contributed by atoms with E-state index >= 15 is 0 Å². The van der Waals surface area contributed by atoms with Crippen molar-refractivity contribution in [1.82, 2.24) is 14.9 Å². The number of imidazole rings is 1. The summed E-state index contributed by atoms with van der Waals surface area (Å²) in [6.07, 6.45) is 1.45. The van der Waals surface area contributed by atoms with Crippen LogP contribution in [0.2, 0.25) is 0 Å². The first kappa shape index (κ1) is 26.9. The van der Waals surface area contributed by atoms with Crippen LogP contribution in [0.3, 0.4) is 0 Å². The predicted molar refractivity (Wildman–Crippen MR) is 148 cm³/mol. The molecule has 8 nitrogen and oxygen atoms in total. The monoisotopic (exact) mass is 517 g/mol. The van der Waals surface area contributed by atoms with E-state index in [0.29, 0.717) is 48.9 Å². The molecule has 1 amide bonds. The third kappa shape index (κ3) is 6.19. The molecule has 38 heavy (non-hydrogen) atoms. The van der Waals surface area contributed by atoms with Crippen LogP contribution in [-0.4, -0.2) is 49.9 Å². The van der Waals surface area contributed by atoms with Gasteiger partial charge in [-0.2, -0.15) is 0 Å². The standard InChI is InChI=1S/C30H35N3O5/c1-20-15-21(2)17-23(16-20)38-14-13-33-25-10-7-6-9-24(25)32-28(33)11-8-12-31-30(34)22-18-26(35-3)29(37-5)27(19-22)36-4/h6-7,9-10,15-19H,8,11-14H2,1-5H3,(H,31,34). The smallest absolute Gasteiger partial charge is 0.251 e. The summed E-state index contributed by atoms with van der Waals surface area (Å²) in [5, 5.41) is 2.99. The molecule has 0 bridgehead atoms. The molecular formula is C30H35N3O5. The van der Waals surface area contributed by atoms with Crippen LogP contribution in [0.15, 0.2) is 54.6 Å². The Morgan fingerprint density at radius 1 is 0.921 bits per heavy atom. The highest BCUT2D eigenvalue weighted by Crippen LogP contribution is 2.38. The number of para-hydroxylation sites is 2. The molecular weight excluding hydrogens is 482 g/mol. The topological polar surface area (TPSA) is 83.8 Å². The fourth-order valence-corrected chi connectivity index (χ4v) is 4.60. The molecule has 0 fully saturated rings. The number of hydrogen-bond donors (Lipinski definition) is 1. The van der Waals surface area contributed by atoms with Crippen LogP contribution in [0.25, 0.3) is 11.0 Å². The minimum absolute atomic E-state index is 0.209. The molecule has 1 heterocycles. The summed E-state index contributed by atoms with van der Waals surface area (Å²) in [6, 6.07) is 17.6.